The molecule has 0 unspecified atom stereocenters. The molecule has 2 saturated heterocycles. The molecule has 0 aromatic heterocycles. The number of carbonyl (C=O) groups is 1. The summed E-state index contributed by atoms with van der Waals surface area (Å²) in [5, 5.41) is 0. The normalized spacial score (nSPS) is 23.6. The van der Waals surface area contributed by atoms with E-state index in [-0.39, 0.29) is 18.6 Å². The van der Waals surface area contributed by atoms with E-state index in [1.807, 2.05) is 29.2 Å². The van der Waals surface area contributed by atoms with Gasteiger partial charge >= 0.3 is 0 Å². The van der Waals surface area contributed by atoms with Gasteiger partial charge < -0.3 is 14.5 Å². The molecule has 0 bridgehead atoms. The van der Waals surface area contributed by atoms with E-state index in [0.717, 1.165) is 25.9 Å². The lowest BCUT2D eigenvalue weighted by molar-refractivity contribution is -0.925. The maximum Gasteiger partial charge on any atom is 0.260 e. The molecular weight excluding hydrogens is 340 g/mol. The molecular formula is C18H27N2O4S+. The van der Waals surface area contributed by atoms with Crippen LogP contribution in [0.25, 0.3) is 0 Å². The van der Waals surface area contributed by atoms with Gasteiger partial charge in [0.25, 0.3) is 5.91 Å². The zero-order valence-electron chi connectivity index (χ0n) is 14.7. The summed E-state index contributed by atoms with van der Waals surface area (Å²) in [5.41, 5.74) is 1.24. The van der Waals surface area contributed by atoms with Gasteiger partial charge in [0.1, 0.15) is 17.5 Å². The number of hydrogen-bond donors (Lipinski definition) is 1. The van der Waals surface area contributed by atoms with Crippen LogP contribution in [0.2, 0.25) is 0 Å². The minimum absolute atomic E-state index is 0.00217. The highest BCUT2D eigenvalue weighted by atomic mass is 32.2. The molecule has 1 amide bonds. The summed E-state index contributed by atoms with van der Waals surface area (Å²) < 4.78 is 28.8. The number of quaternary nitrogens is 1. The first kappa shape index (κ1) is 18.2. The fraction of sp³-hybridized carbons (Fsp3) is 0.611. The Morgan fingerprint density at radius 2 is 1.92 bits per heavy atom. The highest BCUT2D eigenvalue weighted by Crippen LogP contribution is 2.13. The van der Waals surface area contributed by atoms with Crippen molar-refractivity contribution in [3.63, 3.8) is 0 Å². The Bertz CT molecular complexity index is 694. The molecule has 0 saturated carbocycles. The first-order valence-corrected chi connectivity index (χ1v) is 10.8. The van der Waals surface area contributed by atoms with Gasteiger partial charge in [-0.25, -0.2) is 8.42 Å². The van der Waals surface area contributed by atoms with E-state index >= 15 is 0 Å². The van der Waals surface area contributed by atoms with Crippen LogP contribution in [0, 0.1) is 0 Å². The quantitative estimate of drug-likeness (QED) is 0.765. The molecule has 1 aromatic carbocycles. The van der Waals surface area contributed by atoms with Crippen molar-refractivity contribution >= 4 is 15.7 Å². The predicted octanol–water partition coefficient (Wildman–Crippen LogP) is -0.458. The largest absolute Gasteiger partial charge is 0.484 e. The number of ether oxygens (including phenoxy) is 1. The lowest BCUT2D eigenvalue weighted by Gasteiger charge is -2.34. The van der Waals surface area contributed by atoms with E-state index in [1.54, 1.807) is 0 Å². The standard InChI is InChI=1S/C18H26N2O4S/c1-2-15-3-5-17(6-4-15)24-13-18(21)20-10-8-19(9-11-20)16-7-12-25(22,23)14-16/h3-6,16H,2,7-14H2,1H3/p+1/t16-/m1/s1. The van der Waals surface area contributed by atoms with Gasteiger partial charge in [0.05, 0.1) is 31.9 Å². The molecule has 3 rings (SSSR count). The Hall–Kier alpha value is -1.60. The third-order valence-electron chi connectivity index (χ3n) is 5.26. The van der Waals surface area contributed by atoms with E-state index in [9.17, 15) is 13.2 Å². The van der Waals surface area contributed by atoms with Gasteiger partial charge in [-0.05, 0) is 24.1 Å². The maximum absolute atomic E-state index is 12.3. The van der Waals surface area contributed by atoms with Gasteiger partial charge in [0.2, 0.25) is 0 Å². The fourth-order valence-electron chi connectivity index (χ4n) is 3.63. The minimum Gasteiger partial charge on any atom is -0.484 e. The number of aryl methyl sites for hydroxylation is 1. The van der Waals surface area contributed by atoms with Crippen molar-refractivity contribution in [3.05, 3.63) is 29.8 Å². The summed E-state index contributed by atoms with van der Waals surface area (Å²) in [4.78, 5) is 15.5. The topological polar surface area (TPSA) is 68.1 Å². The van der Waals surface area contributed by atoms with Crippen LogP contribution in [-0.4, -0.2) is 69.6 Å². The lowest BCUT2D eigenvalue weighted by Crippen LogP contribution is -3.18. The maximum atomic E-state index is 12.3. The third kappa shape index (κ3) is 4.73. The minimum atomic E-state index is -2.84. The van der Waals surface area contributed by atoms with E-state index in [2.05, 4.69) is 6.92 Å². The summed E-state index contributed by atoms with van der Waals surface area (Å²) in [6.07, 6.45) is 1.73. The molecule has 0 radical (unpaired) electrons. The summed E-state index contributed by atoms with van der Waals surface area (Å²) in [6, 6.07) is 8.02. The zero-order valence-corrected chi connectivity index (χ0v) is 15.6. The molecule has 25 heavy (non-hydrogen) atoms. The molecule has 2 aliphatic rings. The second-order valence-corrected chi connectivity index (χ2v) is 9.15. The highest BCUT2D eigenvalue weighted by Gasteiger charge is 2.37. The number of benzene rings is 1. The van der Waals surface area contributed by atoms with Crippen LogP contribution in [0.4, 0.5) is 0 Å². The summed E-state index contributed by atoms with van der Waals surface area (Å²) >= 11 is 0. The van der Waals surface area contributed by atoms with Gasteiger partial charge in [0, 0.05) is 6.42 Å². The van der Waals surface area contributed by atoms with Gasteiger partial charge in [-0.2, -0.15) is 0 Å². The Kier molecular flexibility index (Phi) is 5.64. The number of rotatable bonds is 5. The Balaban J connectivity index is 1.43. The number of nitrogens with one attached hydrogen (secondary N) is 1. The molecule has 6 nitrogen and oxygen atoms in total. The Morgan fingerprint density at radius 1 is 1.24 bits per heavy atom. The van der Waals surface area contributed by atoms with E-state index in [4.69, 9.17) is 4.74 Å². The number of carbonyl (C=O) groups excluding carboxylic acids is 1. The molecule has 138 valence electrons. The van der Waals surface area contributed by atoms with E-state index in [1.165, 1.54) is 10.5 Å². The van der Waals surface area contributed by atoms with E-state index in [0.29, 0.717) is 30.3 Å². The second-order valence-electron chi connectivity index (χ2n) is 6.93. The second kappa shape index (κ2) is 7.74. The van der Waals surface area contributed by atoms with Gasteiger partial charge in [-0.3, -0.25) is 4.79 Å². The summed E-state index contributed by atoms with van der Waals surface area (Å²) in [5.74, 6) is 1.32. The van der Waals surface area contributed by atoms with Crippen LogP contribution < -0.4 is 9.64 Å². The van der Waals surface area contributed by atoms with Crippen molar-refractivity contribution in [1.29, 1.82) is 0 Å². The summed E-state index contributed by atoms with van der Waals surface area (Å²) in [7, 11) is -2.84. The Morgan fingerprint density at radius 3 is 2.48 bits per heavy atom. The molecule has 1 atom stereocenters. The van der Waals surface area contributed by atoms with Gasteiger partial charge in [-0.15, -0.1) is 0 Å². The SMILES string of the molecule is CCc1ccc(OCC(=O)N2CC[NH+]([C@@H]3CCS(=O)(=O)C3)CC2)cc1. The smallest absolute Gasteiger partial charge is 0.260 e. The van der Waals surface area contributed by atoms with E-state index < -0.39 is 9.84 Å². The van der Waals surface area contributed by atoms with Gasteiger partial charge in [-0.1, -0.05) is 19.1 Å². The Labute approximate surface area is 149 Å². The lowest BCUT2D eigenvalue weighted by atomic mass is 10.2. The number of piperazine rings is 1. The average Bonchev–Trinajstić information content (AvgIpc) is 3.00. The highest BCUT2D eigenvalue weighted by molar-refractivity contribution is 7.91. The van der Waals surface area contributed by atoms with Crippen LogP contribution >= 0.6 is 0 Å². The van der Waals surface area contributed by atoms with Crippen molar-refractivity contribution in [1.82, 2.24) is 4.90 Å². The van der Waals surface area contributed by atoms with Crippen LogP contribution in [0.5, 0.6) is 5.75 Å². The molecule has 1 N–H and O–H groups in total. The molecule has 0 spiro atoms. The number of nitrogens with zero attached hydrogens (tertiary/aromatic N) is 1. The first-order chi connectivity index (χ1) is 12.0. The molecule has 2 aliphatic heterocycles. The average molecular weight is 367 g/mol. The first-order valence-electron chi connectivity index (χ1n) is 9.01. The monoisotopic (exact) mass is 367 g/mol. The summed E-state index contributed by atoms with van der Waals surface area (Å²) in [6.45, 7) is 5.13. The number of sulfone groups is 1. The van der Waals surface area contributed by atoms with Crippen LogP contribution in [0.3, 0.4) is 0 Å². The molecule has 2 fully saturated rings. The van der Waals surface area contributed by atoms with Gasteiger partial charge in [0.15, 0.2) is 16.4 Å². The number of hydrogen-bond acceptors (Lipinski definition) is 4. The van der Waals surface area contributed by atoms with Crippen LogP contribution in [0.1, 0.15) is 18.9 Å². The van der Waals surface area contributed by atoms with Crippen molar-refractivity contribution in [3.8, 4) is 5.75 Å². The van der Waals surface area contributed by atoms with Crippen molar-refractivity contribution in [2.75, 3.05) is 44.3 Å². The van der Waals surface area contributed by atoms with Crippen molar-refractivity contribution < 1.29 is 22.8 Å². The molecule has 2 heterocycles. The zero-order chi connectivity index (χ0) is 17.9. The molecule has 0 aliphatic carbocycles. The van der Waals surface area contributed by atoms with Crippen molar-refractivity contribution in [2.45, 2.75) is 25.8 Å². The predicted molar refractivity (Wildman–Crippen MR) is 95.7 cm³/mol. The number of amides is 1. The van der Waals surface area contributed by atoms with Crippen LogP contribution in [0.15, 0.2) is 24.3 Å². The van der Waals surface area contributed by atoms with Crippen LogP contribution in [-0.2, 0) is 21.1 Å². The third-order valence-corrected chi connectivity index (χ3v) is 7.03. The fourth-order valence-corrected chi connectivity index (χ4v) is 5.45. The molecule has 1 aromatic rings. The molecule has 7 heteroatoms. The van der Waals surface area contributed by atoms with Crippen molar-refractivity contribution in [2.24, 2.45) is 0 Å².